The first-order valence-corrected chi connectivity index (χ1v) is 7.76. The van der Waals surface area contributed by atoms with Gasteiger partial charge in [-0.3, -0.25) is 14.7 Å². The Hall–Kier alpha value is -0.460. The minimum absolute atomic E-state index is 0.115. The molecule has 7 nitrogen and oxygen atoms in total. The van der Waals surface area contributed by atoms with Crippen LogP contribution in [0.2, 0.25) is 0 Å². The molecule has 0 bridgehead atoms. The highest BCUT2D eigenvalue weighted by atomic mass is 31.2. The van der Waals surface area contributed by atoms with Gasteiger partial charge >= 0.3 is 13.6 Å². The number of rotatable bonds is 11. The largest absolute Gasteiger partial charge is 0.480 e. The quantitative estimate of drug-likeness (QED) is 0.484. The van der Waals surface area contributed by atoms with Crippen LogP contribution < -0.4 is 11.1 Å². The van der Waals surface area contributed by atoms with Gasteiger partial charge in [0.1, 0.15) is 6.04 Å². The van der Waals surface area contributed by atoms with Crippen molar-refractivity contribution < 1.29 is 23.5 Å². The Morgan fingerprint density at radius 3 is 2.33 bits per heavy atom. The number of carbonyl (C=O) groups is 1. The average molecular weight is 282 g/mol. The number of nitrogens with two attached hydrogens (primary N) is 1. The van der Waals surface area contributed by atoms with E-state index < -0.39 is 19.6 Å². The van der Waals surface area contributed by atoms with Crippen molar-refractivity contribution in [2.75, 3.05) is 26.0 Å². The van der Waals surface area contributed by atoms with E-state index in [1.165, 1.54) is 0 Å². The van der Waals surface area contributed by atoms with Crippen molar-refractivity contribution in [3.63, 3.8) is 0 Å². The highest BCUT2D eigenvalue weighted by Crippen LogP contribution is 2.46. The van der Waals surface area contributed by atoms with E-state index in [2.05, 4.69) is 5.32 Å². The molecule has 0 aliphatic heterocycles. The van der Waals surface area contributed by atoms with E-state index >= 15 is 0 Å². The second-order valence-electron chi connectivity index (χ2n) is 3.63. The van der Waals surface area contributed by atoms with Crippen LogP contribution in [0, 0.1) is 0 Å². The fourth-order valence-corrected chi connectivity index (χ4v) is 2.87. The molecule has 1 atom stereocenters. The van der Waals surface area contributed by atoms with Gasteiger partial charge in [-0.25, -0.2) is 0 Å². The molecule has 0 amide bonds. The third-order valence-corrected chi connectivity index (χ3v) is 4.05. The number of aliphatic carboxylic acids is 1. The topological polar surface area (TPSA) is 111 Å². The molecule has 4 N–H and O–H groups in total. The molecule has 0 fully saturated rings. The monoisotopic (exact) mass is 282 g/mol. The van der Waals surface area contributed by atoms with E-state index in [9.17, 15) is 9.36 Å². The van der Waals surface area contributed by atoms with Gasteiger partial charge in [-0.2, -0.15) is 0 Å². The van der Waals surface area contributed by atoms with Crippen molar-refractivity contribution in [3.8, 4) is 0 Å². The van der Waals surface area contributed by atoms with Crippen LogP contribution in [0.3, 0.4) is 0 Å². The van der Waals surface area contributed by atoms with Crippen LogP contribution in [0.1, 0.15) is 26.7 Å². The van der Waals surface area contributed by atoms with Gasteiger partial charge in [0.25, 0.3) is 0 Å². The third-order valence-electron chi connectivity index (χ3n) is 2.18. The second kappa shape index (κ2) is 9.47. The fourth-order valence-electron chi connectivity index (χ4n) is 1.38. The van der Waals surface area contributed by atoms with Gasteiger partial charge in [-0.15, -0.1) is 0 Å². The molecule has 0 aromatic heterocycles. The molecule has 0 saturated carbocycles. The molecule has 0 spiro atoms. The first-order chi connectivity index (χ1) is 8.49. The molecule has 0 heterocycles. The minimum atomic E-state index is -3.25. The Morgan fingerprint density at radius 1 is 1.39 bits per heavy atom. The molecular weight excluding hydrogens is 259 g/mol. The summed E-state index contributed by atoms with van der Waals surface area (Å²) in [6.45, 7) is 4.32. The van der Waals surface area contributed by atoms with Crippen molar-refractivity contribution in [3.05, 3.63) is 0 Å². The molecule has 0 aromatic carbocycles. The lowest BCUT2D eigenvalue weighted by Crippen LogP contribution is -2.38. The van der Waals surface area contributed by atoms with Gasteiger partial charge in [0, 0.05) is 0 Å². The summed E-state index contributed by atoms with van der Waals surface area (Å²) in [5, 5.41) is 11.7. The summed E-state index contributed by atoms with van der Waals surface area (Å²) >= 11 is 0. The van der Waals surface area contributed by atoms with Crippen LogP contribution in [0.4, 0.5) is 0 Å². The Morgan fingerprint density at radius 2 is 1.94 bits per heavy atom. The standard InChI is InChI=1S/C10H23N2O5P/c1-3-16-18(15,17-4-2)8-12-9(10(13)14)6-5-7-11/h9,12H,3-8,11H2,1-2H3,(H,13,14)/t9-/m0/s1. The molecule has 108 valence electrons. The van der Waals surface area contributed by atoms with Gasteiger partial charge in [0.05, 0.1) is 19.5 Å². The Bertz CT molecular complexity index is 277. The summed E-state index contributed by atoms with van der Waals surface area (Å²) in [5.74, 6) is -0.997. The lowest BCUT2D eigenvalue weighted by molar-refractivity contribution is -0.139. The molecule has 0 saturated heterocycles. The number of hydrogen-bond donors (Lipinski definition) is 3. The summed E-state index contributed by atoms with van der Waals surface area (Å²) in [6, 6.07) is -0.789. The van der Waals surface area contributed by atoms with Crippen molar-refractivity contribution >= 4 is 13.6 Å². The highest BCUT2D eigenvalue weighted by molar-refractivity contribution is 7.53. The van der Waals surface area contributed by atoms with Gasteiger partial charge in [0.15, 0.2) is 0 Å². The van der Waals surface area contributed by atoms with Crippen LogP contribution in [0.5, 0.6) is 0 Å². The zero-order valence-electron chi connectivity index (χ0n) is 10.9. The van der Waals surface area contributed by atoms with E-state index in [0.29, 0.717) is 19.4 Å². The number of hydrogen-bond acceptors (Lipinski definition) is 6. The maximum Gasteiger partial charge on any atom is 0.344 e. The summed E-state index contributed by atoms with van der Waals surface area (Å²) in [4.78, 5) is 11.0. The van der Waals surface area contributed by atoms with Gasteiger partial charge in [-0.05, 0) is 33.2 Å². The Kier molecular flexibility index (Phi) is 9.23. The van der Waals surface area contributed by atoms with Gasteiger partial charge in [0.2, 0.25) is 0 Å². The minimum Gasteiger partial charge on any atom is -0.480 e. The zero-order chi connectivity index (χ0) is 14.0. The van der Waals surface area contributed by atoms with Crippen LogP contribution in [-0.4, -0.2) is 43.2 Å². The molecule has 0 aliphatic carbocycles. The molecular formula is C10H23N2O5P. The maximum atomic E-state index is 12.1. The second-order valence-corrected chi connectivity index (χ2v) is 5.68. The lowest BCUT2D eigenvalue weighted by Gasteiger charge is -2.20. The van der Waals surface area contributed by atoms with E-state index in [-0.39, 0.29) is 19.5 Å². The highest BCUT2D eigenvalue weighted by Gasteiger charge is 2.26. The van der Waals surface area contributed by atoms with E-state index in [1.807, 2.05) is 0 Å². The van der Waals surface area contributed by atoms with Crippen molar-refractivity contribution in [1.82, 2.24) is 5.32 Å². The van der Waals surface area contributed by atoms with Crippen LogP contribution in [-0.2, 0) is 18.4 Å². The summed E-state index contributed by atoms with van der Waals surface area (Å²) < 4.78 is 22.2. The SMILES string of the molecule is CCOP(=O)(CN[C@@H](CCCN)C(=O)O)OCC. The molecule has 8 heteroatoms. The smallest absolute Gasteiger partial charge is 0.344 e. The first-order valence-electron chi connectivity index (χ1n) is 6.03. The van der Waals surface area contributed by atoms with Crippen molar-refractivity contribution in [1.29, 1.82) is 0 Å². The van der Waals surface area contributed by atoms with Crippen LogP contribution in [0.15, 0.2) is 0 Å². The summed E-state index contributed by atoms with van der Waals surface area (Å²) in [5.41, 5.74) is 5.33. The first kappa shape index (κ1) is 17.5. The number of carboxylic acids is 1. The number of nitrogens with one attached hydrogen (secondary N) is 1. The van der Waals surface area contributed by atoms with Gasteiger partial charge < -0.3 is 19.9 Å². The van der Waals surface area contributed by atoms with E-state index in [0.717, 1.165) is 0 Å². The normalized spacial score (nSPS) is 13.5. The number of carboxylic acid groups (broad SMARTS) is 1. The van der Waals surface area contributed by atoms with E-state index in [1.54, 1.807) is 13.8 Å². The van der Waals surface area contributed by atoms with Gasteiger partial charge in [-0.1, -0.05) is 0 Å². The fraction of sp³-hybridized carbons (Fsp3) is 0.900. The lowest BCUT2D eigenvalue weighted by atomic mass is 10.1. The van der Waals surface area contributed by atoms with Crippen LogP contribution in [0.25, 0.3) is 0 Å². The zero-order valence-corrected chi connectivity index (χ0v) is 11.8. The maximum absolute atomic E-state index is 12.1. The molecule has 18 heavy (non-hydrogen) atoms. The van der Waals surface area contributed by atoms with Crippen molar-refractivity contribution in [2.24, 2.45) is 5.73 Å². The third kappa shape index (κ3) is 7.08. The average Bonchev–Trinajstić information content (AvgIpc) is 2.29. The Balaban J connectivity index is 4.36. The predicted molar refractivity (Wildman–Crippen MR) is 68.6 cm³/mol. The van der Waals surface area contributed by atoms with E-state index in [4.69, 9.17) is 19.9 Å². The summed E-state index contributed by atoms with van der Waals surface area (Å²) in [7, 11) is -3.25. The summed E-state index contributed by atoms with van der Waals surface area (Å²) in [6.07, 6.45) is 0.845. The van der Waals surface area contributed by atoms with Crippen molar-refractivity contribution in [2.45, 2.75) is 32.7 Å². The molecule has 0 aliphatic rings. The molecule has 0 unspecified atom stereocenters. The predicted octanol–water partition coefficient (Wildman–Crippen LogP) is 0.992. The molecule has 0 rings (SSSR count). The van der Waals surface area contributed by atoms with Crippen LogP contribution >= 0.6 is 7.60 Å². The Labute approximate surface area is 108 Å². The molecule has 0 aromatic rings. The molecule has 0 radical (unpaired) electrons.